The molecule has 0 bridgehead atoms. The number of anilines is 1. The minimum atomic E-state index is -0.682. The molecule has 8 heteroatoms. The van der Waals surface area contributed by atoms with Gasteiger partial charge in [-0.3, -0.25) is 19.3 Å². The highest BCUT2D eigenvalue weighted by Gasteiger charge is 2.51. The smallest absolute Gasteiger partial charge is 0.325 e. The van der Waals surface area contributed by atoms with Crippen LogP contribution in [0.3, 0.4) is 0 Å². The number of carbonyl (C=O) groups is 4. The topological polar surface area (TPSA) is 108 Å². The predicted molar refractivity (Wildman–Crippen MR) is 102 cm³/mol. The van der Waals surface area contributed by atoms with Gasteiger partial charge in [-0.25, -0.2) is 4.79 Å². The summed E-state index contributed by atoms with van der Waals surface area (Å²) in [6.07, 6.45) is 4.89. The second kappa shape index (κ2) is 7.26. The molecule has 0 unspecified atom stereocenters. The van der Waals surface area contributed by atoms with Crippen molar-refractivity contribution in [3.63, 3.8) is 0 Å². The van der Waals surface area contributed by atoms with Crippen molar-refractivity contribution < 1.29 is 19.2 Å². The van der Waals surface area contributed by atoms with Crippen molar-refractivity contribution in [3.8, 4) is 0 Å². The first-order valence-electron chi connectivity index (χ1n) is 9.84. The number of urea groups is 1. The van der Waals surface area contributed by atoms with Gasteiger partial charge in [0.25, 0.3) is 11.8 Å². The molecule has 0 atom stereocenters. The van der Waals surface area contributed by atoms with Crippen LogP contribution in [0.25, 0.3) is 0 Å². The molecular weight excluding hydrogens is 360 g/mol. The van der Waals surface area contributed by atoms with Gasteiger partial charge in [0.05, 0.1) is 0 Å². The summed E-state index contributed by atoms with van der Waals surface area (Å²) in [7, 11) is 0. The fourth-order valence-electron chi connectivity index (χ4n) is 4.26. The van der Waals surface area contributed by atoms with Gasteiger partial charge < -0.3 is 16.0 Å². The van der Waals surface area contributed by atoms with Crippen LogP contribution in [0, 0.1) is 0 Å². The van der Waals surface area contributed by atoms with Crippen molar-refractivity contribution in [1.82, 2.24) is 15.5 Å². The largest absolute Gasteiger partial charge is 0.352 e. The molecule has 1 aliphatic carbocycles. The van der Waals surface area contributed by atoms with Crippen LogP contribution >= 0.6 is 0 Å². The third-order valence-corrected chi connectivity index (χ3v) is 5.81. The average molecular weight is 384 g/mol. The Morgan fingerprint density at radius 3 is 2.71 bits per heavy atom. The van der Waals surface area contributed by atoms with E-state index < -0.39 is 5.54 Å². The van der Waals surface area contributed by atoms with Crippen LogP contribution in [0.15, 0.2) is 18.2 Å². The van der Waals surface area contributed by atoms with Gasteiger partial charge in [-0.1, -0.05) is 12.8 Å². The summed E-state index contributed by atoms with van der Waals surface area (Å²) in [4.78, 5) is 49.8. The summed E-state index contributed by atoms with van der Waals surface area (Å²) in [5, 5.41) is 8.48. The number of nitrogens with one attached hydrogen (secondary N) is 3. The molecule has 8 nitrogen and oxygen atoms in total. The normalized spacial score (nSPS) is 20.1. The number of benzene rings is 1. The third-order valence-electron chi connectivity index (χ3n) is 5.81. The van der Waals surface area contributed by atoms with Crippen LogP contribution in [0.2, 0.25) is 0 Å². The molecule has 2 heterocycles. The van der Waals surface area contributed by atoms with Crippen molar-refractivity contribution in [2.24, 2.45) is 0 Å². The Kier molecular flexibility index (Phi) is 4.78. The van der Waals surface area contributed by atoms with Gasteiger partial charge in [-0.15, -0.1) is 0 Å². The van der Waals surface area contributed by atoms with E-state index in [4.69, 9.17) is 0 Å². The number of hydrogen-bond acceptors (Lipinski definition) is 4. The van der Waals surface area contributed by atoms with Crippen molar-refractivity contribution in [2.75, 3.05) is 18.4 Å². The van der Waals surface area contributed by atoms with E-state index in [-0.39, 0.29) is 23.8 Å². The van der Waals surface area contributed by atoms with Crippen LogP contribution in [-0.2, 0) is 16.0 Å². The highest BCUT2D eigenvalue weighted by molar-refractivity contribution is 6.07. The van der Waals surface area contributed by atoms with E-state index in [1.54, 1.807) is 18.2 Å². The first kappa shape index (κ1) is 18.5. The maximum absolute atomic E-state index is 12.6. The second-order valence-electron chi connectivity index (χ2n) is 7.71. The van der Waals surface area contributed by atoms with Crippen LogP contribution in [-0.4, -0.2) is 47.3 Å². The van der Waals surface area contributed by atoms with Crippen LogP contribution in [0.5, 0.6) is 0 Å². The van der Waals surface area contributed by atoms with Gasteiger partial charge in [0.1, 0.15) is 5.54 Å². The van der Waals surface area contributed by atoms with Gasteiger partial charge >= 0.3 is 6.03 Å². The minimum absolute atomic E-state index is 0.00965. The van der Waals surface area contributed by atoms with E-state index in [1.807, 2.05) is 0 Å². The van der Waals surface area contributed by atoms with E-state index in [9.17, 15) is 19.2 Å². The first-order chi connectivity index (χ1) is 13.5. The van der Waals surface area contributed by atoms with Crippen molar-refractivity contribution in [3.05, 3.63) is 29.3 Å². The molecular formula is C20H24N4O4. The summed E-state index contributed by atoms with van der Waals surface area (Å²) >= 11 is 0. The molecule has 1 spiro atoms. The summed E-state index contributed by atoms with van der Waals surface area (Å²) < 4.78 is 0. The fourth-order valence-corrected chi connectivity index (χ4v) is 4.26. The average Bonchev–Trinajstić information content (AvgIpc) is 3.24. The molecule has 1 saturated heterocycles. The summed E-state index contributed by atoms with van der Waals surface area (Å²) in [5.74, 6) is -0.341. The Bertz CT molecular complexity index is 845. The zero-order chi connectivity index (χ0) is 19.7. The molecule has 1 aromatic carbocycles. The molecule has 28 heavy (non-hydrogen) atoms. The summed E-state index contributed by atoms with van der Waals surface area (Å²) in [6, 6.07) is 4.90. The monoisotopic (exact) mass is 384 g/mol. The number of fused-ring (bicyclic) bond motifs is 1. The molecule has 1 aromatic rings. The minimum Gasteiger partial charge on any atom is -0.352 e. The van der Waals surface area contributed by atoms with Gasteiger partial charge in [0.2, 0.25) is 5.91 Å². The van der Waals surface area contributed by atoms with Gasteiger partial charge in [-0.05, 0) is 49.4 Å². The highest BCUT2D eigenvalue weighted by Crippen LogP contribution is 2.35. The third kappa shape index (κ3) is 3.34. The molecule has 2 aliphatic heterocycles. The molecule has 3 aliphatic rings. The lowest BCUT2D eigenvalue weighted by atomic mass is 9.98. The molecule has 0 aromatic heterocycles. The quantitative estimate of drug-likeness (QED) is 0.529. The van der Waals surface area contributed by atoms with Crippen LogP contribution in [0.4, 0.5) is 10.5 Å². The van der Waals surface area contributed by atoms with E-state index in [0.29, 0.717) is 50.8 Å². The van der Waals surface area contributed by atoms with Gasteiger partial charge in [-0.2, -0.15) is 0 Å². The van der Waals surface area contributed by atoms with E-state index in [2.05, 4.69) is 16.0 Å². The molecule has 2 fully saturated rings. The Labute approximate surface area is 163 Å². The molecule has 0 radical (unpaired) electrons. The standard InChI is InChI=1S/C20H24N4O4/c25-16-7-5-13-12-14(4-6-15(13)22-16)17(26)21-10-3-11-24-18(27)20(23-19(24)28)8-1-2-9-20/h4,6,12H,1-3,5,7-11H2,(H,21,26)(H,22,25)(H,23,28). The Balaban J connectivity index is 1.28. The SMILES string of the molecule is O=C1CCc2cc(C(=O)NCCCN3C(=O)NC4(CCCC4)C3=O)ccc2N1. The first-order valence-corrected chi connectivity index (χ1v) is 9.84. The zero-order valence-corrected chi connectivity index (χ0v) is 15.7. The molecule has 3 N–H and O–H groups in total. The predicted octanol–water partition coefficient (Wildman–Crippen LogP) is 1.56. The molecule has 1 saturated carbocycles. The van der Waals surface area contributed by atoms with Crippen molar-refractivity contribution >= 4 is 29.4 Å². The molecule has 5 amide bonds. The van der Waals surface area contributed by atoms with Crippen LogP contribution in [0.1, 0.15) is 54.4 Å². The Hall–Kier alpha value is -2.90. The maximum Gasteiger partial charge on any atom is 0.325 e. The number of rotatable bonds is 5. The Morgan fingerprint density at radius 2 is 1.93 bits per heavy atom. The molecule has 4 rings (SSSR count). The number of amides is 5. The van der Waals surface area contributed by atoms with E-state index in [0.717, 1.165) is 24.1 Å². The number of carbonyl (C=O) groups excluding carboxylic acids is 4. The lowest BCUT2D eigenvalue weighted by Gasteiger charge is -2.20. The van der Waals surface area contributed by atoms with E-state index >= 15 is 0 Å². The van der Waals surface area contributed by atoms with E-state index in [1.165, 1.54) is 4.90 Å². The van der Waals surface area contributed by atoms with Gasteiger partial charge in [0.15, 0.2) is 0 Å². The second-order valence-corrected chi connectivity index (χ2v) is 7.71. The lowest BCUT2D eigenvalue weighted by molar-refractivity contribution is -0.131. The van der Waals surface area contributed by atoms with Crippen LogP contribution < -0.4 is 16.0 Å². The zero-order valence-electron chi connectivity index (χ0n) is 15.7. The van der Waals surface area contributed by atoms with Crippen molar-refractivity contribution in [2.45, 2.75) is 50.5 Å². The molecule has 148 valence electrons. The van der Waals surface area contributed by atoms with Crippen molar-refractivity contribution in [1.29, 1.82) is 0 Å². The fraction of sp³-hybridized carbons (Fsp3) is 0.500. The number of nitrogens with zero attached hydrogens (tertiary/aromatic N) is 1. The lowest BCUT2D eigenvalue weighted by Crippen LogP contribution is -2.44. The summed E-state index contributed by atoms with van der Waals surface area (Å²) in [6.45, 7) is 0.666. The summed E-state index contributed by atoms with van der Waals surface area (Å²) in [5.41, 5.74) is 1.56. The number of aryl methyl sites for hydroxylation is 1. The number of hydrogen-bond donors (Lipinski definition) is 3. The van der Waals surface area contributed by atoms with Gasteiger partial charge in [0, 0.05) is 30.8 Å². The number of imide groups is 1. The Morgan fingerprint density at radius 1 is 1.14 bits per heavy atom. The maximum atomic E-state index is 12.6. The highest BCUT2D eigenvalue weighted by atomic mass is 16.2.